The van der Waals surface area contributed by atoms with Crippen LogP contribution in [0.4, 0.5) is 10.6 Å². The van der Waals surface area contributed by atoms with E-state index in [2.05, 4.69) is 45.0 Å². The molecule has 2 aromatic rings. The Balaban J connectivity index is 1.78. The van der Waals surface area contributed by atoms with Crippen LogP contribution in [-0.4, -0.2) is 52.5 Å². The monoisotopic (exact) mass is 500 g/mol. The summed E-state index contributed by atoms with van der Waals surface area (Å²) >= 11 is 2.32. The number of aromatic nitrogens is 3. The highest BCUT2D eigenvalue weighted by molar-refractivity contribution is 14.1. The summed E-state index contributed by atoms with van der Waals surface area (Å²) < 4.78 is 8.29. The largest absolute Gasteiger partial charge is 0.444 e. The van der Waals surface area contributed by atoms with Crippen molar-refractivity contribution in [2.75, 3.05) is 25.0 Å². The molecule has 0 unspecified atom stereocenters. The average molecular weight is 500 g/mol. The van der Waals surface area contributed by atoms with Crippen molar-refractivity contribution in [3.05, 3.63) is 21.0 Å². The lowest BCUT2D eigenvalue weighted by atomic mass is 10.2. The summed E-state index contributed by atoms with van der Waals surface area (Å²) in [4.78, 5) is 19.2. The van der Waals surface area contributed by atoms with Gasteiger partial charge in [0.25, 0.3) is 0 Å². The van der Waals surface area contributed by atoms with Crippen LogP contribution in [-0.2, 0) is 4.74 Å². The van der Waals surface area contributed by atoms with Crippen LogP contribution in [0.1, 0.15) is 51.4 Å². The molecule has 3 rings (SSSR count). The van der Waals surface area contributed by atoms with Crippen molar-refractivity contribution in [1.29, 1.82) is 0 Å². The molecular weight excluding hydrogens is 471 g/mol. The number of carbonyl (C=O) groups is 1. The molecule has 154 valence electrons. The van der Waals surface area contributed by atoms with Gasteiger partial charge in [0.2, 0.25) is 0 Å². The molecule has 1 aliphatic rings. The molecule has 28 heavy (non-hydrogen) atoms. The molecule has 2 atom stereocenters. The Hall–Kier alpha value is -1.62. The van der Waals surface area contributed by atoms with Crippen molar-refractivity contribution < 1.29 is 9.53 Å². The second kappa shape index (κ2) is 8.02. The first kappa shape index (κ1) is 21.1. The number of hydrogen-bond donors (Lipinski definition) is 2. The number of hydrogen-bond acceptors (Lipinski definition) is 6. The molecule has 1 fully saturated rings. The van der Waals surface area contributed by atoms with E-state index in [0.29, 0.717) is 6.54 Å². The zero-order valence-electron chi connectivity index (χ0n) is 17.3. The second-order valence-corrected chi connectivity index (χ2v) is 9.38. The molecular formula is C19H29IN6O2. The number of carbonyl (C=O) groups excluding carboxylic acids is 1. The van der Waals surface area contributed by atoms with Gasteiger partial charge in [-0.15, -0.1) is 0 Å². The molecule has 0 spiro atoms. The number of ether oxygens (including phenoxy) is 1. The molecule has 9 heteroatoms. The number of halogens is 1. The van der Waals surface area contributed by atoms with Crippen LogP contribution in [0.25, 0.3) is 5.65 Å². The fraction of sp³-hybridized carbons (Fsp3) is 0.632. The van der Waals surface area contributed by atoms with Crippen LogP contribution in [0.15, 0.2) is 6.20 Å². The minimum Gasteiger partial charge on any atom is -0.444 e. The Morgan fingerprint density at radius 1 is 1.43 bits per heavy atom. The highest BCUT2D eigenvalue weighted by atomic mass is 127. The first-order valence-electron chi connectivity index (χ1n) is 9.56. The standard InChI is InChI=1S/C19H29IN6O2/c1-11-9-26-17(14(20)15(24-26)12(2)21-6)23-16(11)25-8-7-13(10-25)22-18(27)28-19(3,4)5/h9,12-13,21H,7-8,10H2,1-6H3,(H,22,27)/t12-,13-/m0/s1. The molecule has 3 heterocycles. The molecule has 0 radical (unpaired) electrons. The zero-order valence-corrected chi connectivity index (χ0v) is 19.5. The summed E-state index contributed by atoms with van der Waals surface area (Å²) in [5.41, 5.74) is 2.43. The third-order valence-corrected chi connectivity index (χ3v) is 5.82. The van der Waals surface area contributed by atoms with Gasteiger partial charge in [0, 0.05) is 30.9 Å². The number of aryl methyl sites for hydroxylation is 1. The zero-order chi connectivity index (χ0) is 20.6. The van der Waals surface area contributed by atoms with Gasteiger partial charge in [0.05, 0.1) is 15.3 Å². The van der Waals surface area contributed by atoms with Crippen molar-refractivity contribution in [2.45, 2.75) is 58.7 Å². The average Bonchev–Trinajstić information content (AvgIpc) is 3.16. The highest BCUT2D eigenvalue weighted by Gasteiger charge is 2.28. The SMILES string of the molecule is CN[C@@H](C)c1nn2cc(C)c(N3CC[C@H](NC(=O)OC(C)(C)C)C3)nc2c1I. The maximum atomic E-state index is 12.1. The Morgan fingerprint density at radius 2 is 2.14 bits per heavy atom. The van der Waals surface area contributed by atoms with E-state index < -0.39 is 5.60 Å². The first-order valence-corrected chi connectivity index (χ1v) is 10.6. The van der Waals surface area contributed by atoms with Gasteiger partial charge < -0.3 is 20.3 Å². The fourth-order valence-corrected chi connectivity index (χ4v) is 4.26. The van der Waals surface area contributed by atoms with Crippen LogP contribution >= 0.6 is 22.6 Å². The van der Waals surface area contributed by atoms with Crippen molar-refractivity contribution in [2.24, 2.45) is 0 Å². The topological polar surface area (TPSA) is 83.8 Å². The number of anilines is 1. The van der Waals surface area contributed by atoms with E-state index in [-0.39, 0.29) is 18.2 Å². The second-order valence-electron chi connectivity index (χ2n) is 8.30. The first-order chi connectivity index (χ1) is 13.1. The lowest BCUT2D eigenvalue weighted by molar-refractivity contribution is 0.0509. The van der Waals surface area contributed by atoms with Crippen LogP contribution in [0.3, 0.4) is 0 Å². The molecule has 0 aliphatic carbocycles. The Morgan fingerprint density at radius 3 is 2.79 bits per heavy atom. The van der Waals surface area contributed by atoms with E-state index in [0.717, 1.165) is 39.3 Å². The lowest BCUT2D eigenvalue weighted by Gasteiger charge is -2.22. The fourth-order valence-electron chi connectivity index (χ4n) is 3.32. The summed E-state index contributed by atoms with van der Waals surface area (Å²) in [6, 6.07) is 0.211. The Kier molecular flexibility index (Phi) is 6.04. The summed E-state index contributed by atoms with van der Waals surface area (Å²) in [5.74, 6) is 0.947. The van der Waals surface area contributed by atoms with E-state index in [1.165, 1.54) is 0 Å². The van der Waals surface area contributed by atoms with Crippen LogP contribution in [0.5, 0.6) is 0 Å². The van der Waals surface area contributed by atoms with Gasteiger partial charge in [-0.3, -0.25) is 0 Å². The molecule has 0 aromatic carbocycles. The smallest absolute Gasteiger partial charge is 0.407 e. The molecule has 0 saturated carbocycles. The number of rotatable bonds is 4. The molecule has 1 aliphatic heterocycles. The van der Waals surface area contributed by atoms with Crippen molar-refractivity contribution in [3.8, 4) is 0 Å². The molecule has 1 amide bonds. The Bertz CT molecular complexity index is 875. The van der Waals surface area contributed by atoms with Gasteiger partial charge in [-0.1, -0.05) is 0 Å². The number of fused-ring (bicyclic) bond motifs is 1. The van der Waals surface area contributed by atoms with Gasteiger partial charge in [0.15, 0.2) is 5.65 Å². The van der Waals surface area contributed by atoms with Crippen molar-refractivity contribution in [3.63, 3.8) is 0 Å². The highest BCUT2D eigenvalue weighted by Crippen LogP contribution is 2.27. The third kappa shape index (κ3) is 4.51. The minimum atomic E-state index is -0.494. The van der Waals surface area contributed by atoms with E-state index >= 15 is 0 Å². The maximum absolute atomic E-state index is 12.1. The predicted octanol–water partition coefficient (Wildman–Crippen LogP) is 3.03. The maximum Gasteiger partial charge on any atom is 0.407 e. The molecule has 1 saturated heterocycles. The van der Waals surface area contributed by atoms with Crippen LogP contribution in [0, 0.1) is 10.5 Å². The number of amides is 1. The molecule has 2 aromatic heterocycles. The van der Waals surface area contributed by atoms with Gasteiger partial charge >= 0.3 is 6.09 Å². The summed E-state index contributed by atoms with van der Waals surface area (Å²) in [6.45, 7) is 11.3. The van der Waals surface area contributed by atoms with Gasteiger partial charge in [-0.05, 0) is 70.7 Å². The molecule has 2 N–H and O–H groups in total. The van der Waals surface area contributed by atoms with Crippen molar-refractivity contribution in [1.82, 2.24) is 25.2 Å². The van der Waals surface area contributed by atoms with E-state index in [9.17, 15) is 4.79 Å². The third-order valence-electron chi connectivity index (χ3n) is 4.79. The summed E-state index contributed by atoms with van der Waals surface area (Å²) in [7, 11) is 1.93. The minimum absolute atomic E-state index is 0.0520. The normalized spacial score (nSPS) is 18.5. The number of alkyl carbamates (subject to hydrolysis) is 1. The van der Waals surface area contributed by atoms with Gasteiger partial charge in [-0.2, -0.15) is 5.10 Å². The van der Waals surface area contributed by atoms with E-state index in [1.54, 1.807) is 0 Å². The summed E-state index contributed by atoms with van der Waals surface area (Å²) in [6.07, 6.45) is 2.53. The molecule has 0 bridgehead atoms. The molecule has 8 nitrogen and oxygen atoms in total. The van der Waals surface area contributed by atoms with Gasteiger partial charge in [0.1, 0.15) is 11.4 Å². The van der Waals surface area contributed by atoms with E-state index in [4.69, 9.17) is 14.8 Å². The summed E-state index contributed by atoms with van der Waals surface area (Å²) in [5, 5.41) is 10.9. The lowest BCUT2D eigenvalue weighted by Crippen LogP contribution is -2.40. The number of nitrogens with zero attached hydrogens (tertiary/aromatic N) is 4. The van der Waals surface area contributed by atoms with Crippen molar-refractivity contribution >= 4 is 40.1 Å². The Labute approximate surface area is 179 Å². The quantitative estimate of drug-likeness (QED) is 0.629. The number of nitrogens with one attached hydrogen (secondary N) is 2. The van der Waals surface area contributed by atoms with Gasteiger partial charge in [-0.25, -0.2) is 14.3 Å². The predicted molar refractivity (Wildman–Crippen MR) is 118 cm³/mol. The van der Waals surface area contributed by atoms with Crippen LogP contribution in [0.2, 0.25) is 0 Å². The van der Waals surface area contributed by atoms with E-state index in [1.807, 2.05) is 45.5 Å². The van der Waals surface area contributed by atoms with Crippen LogP contribution < -0.4 is 15.5 Å².